The minimum Gasteiger partial charge on any atom is -0.462 e. The molecule has 0 saturated carbocycles. The average Bonchev–Trinajstić information content (AvgIpc) is 3.56. The van der Waals surface area contributed by atoms with Gasteiger partial charge in [0, 0.05) is 11.3 Å². The first kappa shape index (κ1) is 26.2. The van der Waals surface area contributed by atoms with E-state index in [1.54, 1.807) is 13.0 Å². The molecule has 3 aromatic rings. The van der Waals surface area contributed by atoms with Crippen molar-refractivity contribution in [3.05, 3.63) is 76.1 Å². The second kappa shape index (κ2) is 12.4. The van der Waals surface area contributed by atoms with Crippen molar-refractivity contribution in [3.8, 4) is 0 Å². The number of nitrogens with one attached hydrogen (secondary N) is 2. The predicted octanol–water partition coefficient (Wildman–Crippen LogP) is 3.92. The first-order valence-corrected chi connectivity index (χ1v) is 12.9. The Morgan fingerprint density at radius 3 is 2.54 bits per heavy atom. The summed E-state index contributed by atoms with van der Waals surface area (Å²) >= 11 is 1.35. The van der Waals surface area contributed by atoms with E-state index in [-0.39, 0.29) is 18.8 Å². The molecule has 0 spiro atoms. The summed E-state index contributed by atoms with van der Waals surface area (Å²) < 4.78 is 15.6. The summed E-state index contributed by atoms with van der Waals surface area (Å²) in [5, 5.41) is 5.73. The second-order valence-corrected chi connectivity index (χ2v) is 9.59. The van der Waals surface area contributed by atoms with Crippen molar-refractivity contribution in [1.29, 1.82) is 0 Å². The molecule has 1 aliphatic rings. The number of carbonyl (C=O) groups excluding carboxylic acids is 4. The zero-order valence-electron chi connectivity index (χ0n) is 20.4. The molecular formula is C27H28N2O7S. The zero-order valence-corrected chi connectivity index (χ0v) is 21.2. The quantitative estimate of drug-likeness (QED) is 0.385. The van der Waals surface area contributed by atoms with Crippen molar-refractivity contribution < 1.29 is 33.1 Å². The lowest BCUT2D eigenvalue weighted by molar-refractivity contribution is -0.149. The van der Waals surface area contributed by atoms with Crippen molar-refractivity contribution in [2.45, 2.75) is 45.1 Å². The molecule has 2 aromatic heterocycles. The Morgan fingerprint density at radius 2 is 1.81 bits per heavy atom. The zero-order chi connectivity index (χ0) is 26.2. The van der Waals surface area contributed by atoms with Gasteiger partial charge in [0.25, 0.3) is 11.8 Å². The summed E-state index contributed by atoms with van der Waals surface area (Å²) in [6.45, 7) is 1.37. The fourth-order valence-corrected chi connectivity index (χ4v) is 5.45. The third-order valence-corrected chi connectivity index (χ3v) is 7.07. The third-order valence-electron chi connectivity index (χ3n) is 5.87. The van der Waals surface area contributed by atoms with E-state index in [9.17, 15) is 19.2 Å². The summed E-state index contributed by atoms with van der Waals surface area (Å²) in [5.74, 6) is -2.35. The first-order valence-electron chi connectivity index (χ1n) is 12.1. The van der Waals surface area contributed by atoms with E-state index in [0.29, 0.717) is 10.6 Å². The number of aryl methyl sites for hydroxylation is 1. The van der Waals surface area contributed by atoms with Crippen LogP contribution < -0.4 is 10.6 Å². The lowest BCUT2D eigenvalue weighted by Crippen LogP contribution is -2.44. The highest BCUT2D eigenvalue weighted by molar-refractivity contribution is 7.17. The number of ether oxygens (including phenoxy) is 2. The average molecular weight is 525 g/mol. The summed E-state index contributed by atoms with van der Waals surface area (Å²) in [7, 11) is 0. The molecule has 1 atom stereocenters. The van der Waals surface area contributed by atoms with Gasteiger partial charge in [-0.3, -0.25) is 9.59 Å². The van der Waals surface area contributed by atoms with Crippen LogP contribution in [0, 0.1) is 0 Å². The molecule has 2 amide bonds. The molecule has 37 heavy (non-hydrogen) atoms. The minimum absolute atomic E-state index is 0.0526. The van der Waals surface area contributed by atoms with Crippen molar-refractivity contribution >= 4 is 40.1 Å². The number of anilines is 1. The van der Waals surface area contributed by atoms with E-state index in [1.165, 1.54) is 23.7 Å². The molecule has 1 unspecified atom stereocenters. The van der Waals surface area contributed by atoms with E-state index in [4.69, 9.17) is 13.9 Å². The highest BCUT2D eigenvalue weighted by Crippen LogP contribution is 2.38. The van der Waals surface area contributed by atoms with Crippen molar-refractivity contribution in [2.75, 3.05) is 18.5 Å². The largest absolute Gasteiger partial charge is 0.462 e. The molecule has 0 fully saturated rings. The van der Waals surface area contributed by atoms with Gasteiger partial charge in [-0.25, -0.2) is 9.59 Å². The molecular weight excluding hydrogens is 496 g/mol. The molecule has 0 bridgehead atoms. The maximum absolute atomic E-state index is 12.9. The van der Waals surface area contributed by atoms with Gasteiger partial charge in [0.15, 0.2) is 12.4 Å². The Morgan fingerprint density at radius 1 is 1.03 bits per heavy atom. The van der Waals surface area contributed by atoms with Crippen LogP contribution in [0.25, 0.3) is 0 Å². The number of amides is 2. The van der Waals surface area contributed by atoms with Gasteiger partial charge in [0.2, 0.25) is 0 Å². The second-order valence-electron chi connectivity index (χ2n) is 8.48. The Hall–Kier alpha value is -3.92. The molecule has 0 aliphatic heterocycles. The van der Waals surface area contributed by atoms with Crippen LogP contribution in [0.2, 0.25) is 0 Å². The maximum atomic E-state index is 12.9. The number of benzene rings is 1. The van der Waals surface area contributed by atoms with Gasteiger partial charge in [-0.05, 0) is 55.9 Å². The number of furan rings is 1. The van der Waals surface area contributed by atoms with Gasteiger partial charge in [0.1, 0.15) is 11.0 Å². The van der Waals surface area contributed by atoms with E-state index < -0.39 is 36.4 Å². The molecule has 2 N–H and O–H groups in total. The third kappa shape index (κ3) is 6.65. The van der Waals surface area contributed by atoms with Gasteiger partial charge < -0.3 is 24.5 Å². The minimum atomic E-state index is -1.04. The Labute approximate surface area is 218 Å². The van der Waals surface area contributed by atoms with Gasteiger partial charge in [-0.15, -0.1) is 11.3 Å². The van der Waals surface area contributed by atoms with Crippen molar-refractivity contribution in [1.82, 2.24) is 5.32 Å². The molecule has 1 aliphatic carbocycles. The molecule has 9 nitrogen and oxygen atoms in total. The van der Waals surface area contributed by atoms with Crippen LogP contribution in [-0.2, 0) is 38.3 Å². The normalized spacial score (nSPS) is 13.2. The standard InChI is InChI=1S/C27H28N2O7S/c1-2-34-27(33)23-18-11-6-7-13-21(18)37-25(23)29-22(30)16-36-26(32)19(15-17-9-4-3-5-10-17)28-24(31)20-12-8-14-35-20/h3-5,8-10,12,14,19H,2,6-7,11,13,15-16H2,1H3,(H,28,31)(H,29,30). The first-order chi connectivity index (χ1) is 18.0. The van der Waals surface area contributed by atoms with Crippen LogP contribution >= 0.6 is 11.3 Å². The van der Waals surface area contributed by atoms with E-state index >= 15 is 0 Å². The van der Waals surface area contributed by atoms with Crippen LogP contribution in [0.1, 0.15) is 56.7 Å². The van der Waals surface area contributed by atoms with E-state index in [2.05, 4.69) is 10.6 Å². The summed E-state index contributed by atoms with van der Waals surface area (Å²) in [6, 6.07) is 11.1. The number of hydrogen-bond donors (Lipinski definition) is 2. The number of carbonyl (C=O) groups is 4. The molecule has 0 saturated heterocycles. The maximum Gasteiger partial charge on any atom is 0.341 e. The Balaban J connectivity index is 1.42. The van der Waals surface area contributed by atoms with Crippen LogP contribution in [-0.4, -0.2) is 43.0 Å². The highest BCUT2D eigenvalue weighted by atomic mass is 32.1. The molecule has 2 heterocycles. The van der Waals surface area contributed by atoms with Crippen LogP contribution in [0.3, 0.4) is 0 Å². The number of rotatable bonds is 10. The smallest absolute Gasteiger partial charge is 0.341 e. The highest BCUT2D eigenvalue weighted by Gasteiger charge is 2.28. The SMILES string of the molecule is CCOC(=O)c1c(NC(=O)COC(=O)C(Cc2ccccc2)NC(=O)c2ccco2)sc2c1CCCC2. The lowest BCUT2D eigenvalue weighted by atomic mass is 9.95. The molecule has 4 rings (SSSR count). The molecule has 1 aromatic carbocycles. The van der Waals surface area contributed by atoms with E-state index in [0.717, 1.165) is 41.7 Å². The fraction of sp³-hybridized carbons (Fsp3) is 0.333. The topological polar surface area (TPSA) is 124 Å². The Bertz CT molecular complexity index is 1250. The van der Waals surface area contributed by atoms with Crippen LogP contribution in [0.15, 0.2) is 53.1 Å². The summed E-state index contributed by atoms with van der Waals surface area (Å²) in [6.07, 6.45) is 5.10. The van der Waals surface area contributed by atoms with Crippen LogP contribution in [0.5, 0.6) is 0 Å². The van der Waals surface area contributed by atoms with Gasteiger partial charge in [-0.2, -0.15) is 0 Å². The van der Waals surface area contributed by atoms with E-state index in [1.807, 2.05) is 30.3 Å². The number of esters is 2. The lowest BCUT2D eigenvalue weighted by Gasteiger charge is -2.17. The van der Waals surface area contributed by atoms with Gasteiger partial charge >= 0.3 is 11.9 Å². The molecule has 10 heteroatoms. The summed E-state index contributed by atoms with van der Waals surface area (Å²) in [5.41, 5.74) is 2.11. The Kier molecular flexibility index (Phi) is 8.73. The van der Waals surface area contributed by atoms with Crippen LogP contribution in [0.4, 0.5) is 5.00 Å². The molecule has 0 radical (unpaired) electrons. The molecule has 194 valence electrons. The van der Waals surface area contributed by atoms with Gasteiger partial charge in [0.05, 0.1) is 18.4 Å². The van der Waals surface area contributed by atoms with Crippen molar-refractivity contribution in [2.24, 2.45) is 0 Å². The summed E-state index contributed by atoms with van der Waals surface area (Å²) in [4.78, 5) is 51.8. The van der Waals surface area contributed by atoms with Gasteiger partial charge in [-0.1, -0.05) is 30.3 Å². The van der Waals surface area contributed by atoms with Crippen molar-refractivity contribution in [3.63, 3.8) is 0 Å². The number of hydrogen-bond acceptors (Lipinski definition) is 8. The predicted molar refractivity (Wildman–Crippen MR) is 137 cm³/mol. The number of fused-ring (bicyclic) bond motifs is 1. The number of thiophene rings is 1. The monoisotopic (exact) mass is 524 g/mol. The fourth-order valence-electron chi connectivity index (χ4n) is 4.15.